The van der Waals surface area contributed by atoms with Crippen LogP contribution in [0.2, 0.25) is 15.1 Å². The lowest BCUT2D eigenvalue weighted by atomic mass is 10.1. The first kappa shape index (κ1) is 26.7. The Bertz CT molecular complexity index is 1580. The Balaban J connectivity index is 1.57. The van der Waals surface area contributed by atoms with Crippen molar-refractivity contribution in [2.24, 2.45) is 0 Å². The number of anilines is 2. The van der Waals surface area contributed by atoms with Crippen LogP contribution in [0.15, 0.2) is 83.8 Å². The van der Waals surface area contributed by atoms with Gasteiger partial charge in [-0.15, -0.1) is 0 Å². The molecule has 0 saturated carbocycles. The molecule has 4 aromatic rings. The molecule has 4 aromatic carbocycles. The minimum atomic E-state index is -4.18. The van der Waals surface area contributed by atoms with Gasteiger partial charge in [0.15, 0.2) is 5.82 Å². The number of halogens is 5. The van der Waals surface area contributed by atoms with Crippen LogP contribution in [0.4, 0.5) is 20.2 Å². The third-order valence-corrected chi connectivity index (χ3v) is 7.14. The molecule has 12 heteroatoms. The van der Waals surface area contributed by atoms with Crippen LogP contribution in [0, 0.1) is 11.6 Å². The number of nitrogens with one attached hydrogen (secondary N) is 2. The Labute approximate surface area is 225 Å². The molecule has 0 spiro atoms. The number of para-hydroxylation sites is 1. The molecule has 0 radical (unpaired) electrons. The second-order valence-corrected chi connectivity index (χ2v) is 10.4. The highest BCUT2D eigenvalue weighted by molar-refractivity contribution is 7.92. The third kappa shape index (κ3) is 6.31. The van der Waals surface area contributed by atoms with Crippen molar-refractivity contribution in [3.8, 4) is 11.5 Å². The number of benzene rings is 4. The molecule has 0 aliphatic rings. The van der Waals surface area contributed by atoms with Gasteiger partial charge < -0.3 is 10.1 Å². The van der Waals surface area contributed by atoms with Crippen LogP contribution in [0.3, 0.4) is 0 Å². The van der Waals surface area contributed by atoms with E-state index in [4.69, 9.17) is 39.5 Å². The van der Waals surface area contributed by atoms with Gasteiger partial charge in [-0.05, 0) is 60.7 Å². The molecular weight excluding hydrogens is 569 g/mol. The average molecular weight is 584 g/mol. The fraction of sp³-hybridized carbons (Fsp3) is 0. The number of carbonyl (C=O) groups is 1. The van der Waals surface area contributed by atoms with Crippen LogP contribution >= 0.6 is 34.8 Å². The molecule has 0 unspecified atom stereocenters. The first-order chi connectivity index (χ1) is 17.5. The van der Waals surface area contributed by atoms with Gasteiger partial charge in [0, 0.05) is 11.1 Å². The topological polar surface area (TPSA) is 84.5 Å². The van der Waals surface area contributed by atoms with E-state index in [0.717, 1.165) is 6.07 Å². The normalized spacial score (nSPS) is 11.2. The molecule has 0 aliphatic carbocycles. The van der Waals surface area contributed by atoms with Crippen molar-refractivity contribution >= 4 is 62.1 Å². The number of carbonyl (C=O) groups excluding carboxylic acids is 1. The molecule has 0 heterocycles. The number of amides is 1. The Morgan fingerprint density at radius 3 is 2.22 bits per heavy atom. The molecule has 4 rings (SSSR count). The Hall–Kier alpha value is -3.37. The number of rotatable bonds is 7. The molecule has 6 nitrogen and oxygen atoms in total. The standard InChI is InChI=1S/C25H15Cl3F2N2O4S/c26-14-5-10-22(18(11-14)25(33)31-24-20(28)12-15(29)13-21(24)30)32-37(34,35)17-8-6-16(7-9-17)36-23-4-2-1-3-19(23)27/h1-13,32H,(H,31,33). The summed E-state index contributed by atoms with van der Waals surface area (Å²) in [5, 5.41) is 2.33. The Kier molecular flexibility index (Phi) is 7.89. The predicted molar refractivity (Wildman–Crippen MR) is 140 cm³/mol. The molecule has 37 heavy (non-hydrogen) atoms. The van der Waals surface area contributed by atoms with Crippen molar-refractivity contribution < 1.29 is 26.7 Å². The highest BCUT2D eigenvalue weighted by Crippen LogP contribution is 2.31. The largest absolute Gasteiger partial charge is 0.456 e. The molecule has 0 aliphatic heterocycles. The van der Waals surface area contributed by atoms with Gasteiger partial charge in [0.25, 0.3) is 15.9 Å². The van der Waals surface area contributed by atoms with Crippen molar-refractivity contribution in [2.75, 3.05) is 10.0 Å². The maximum atomic E-state index is 14.2. The van der Waals surface area contributed by atoms with Crippen LogP contribution in [0.5, 0.6) is 11.5 Å². The van der Waals surface area contributed by atoms with Gasteiger partial charge in [-0.3, -0.25) is 9.52 Å². The first-order valence-corrected chi connectivity index (χ1v) is 13.0. The summed E-state index contributed by atoms with van der Waals surface area (Å²) in [6.45, 7) is 0. The zero-order valence-electron chi connectivity index (χ0n) is 18.4. The smallest absolute Gasteiger partial charge is 0.261 e. The maximum absolute atomic E-state index is 14.2. The van der Waals surface area contributed by atoms with Crippen molar-refractivity contribution in [2.45, 2.75) is 4.90 Å². The SMILES string of the molecule is O=C(Nc1c(F)cc(F)cc1Cl)c1cc(Cl)ccc1NS(=O)(=O)c1ccc(Oc2ccccc2Cl)cc1. The van der Waals surface area contributed by atoms with Gasteiger partial charge in [0.1, 0.15) is 17.3 Å². The molecule has 0 saturated heterocycles. The number of hydrogen-bond donors (Lipinski definition) is 2. The molecule has 190 valence electrons. The number of hydrogen-bond acceptors (Lipinski definition) is 4. The van der Waals surface area contributed by atoms with E-state index in [-0.39, 0.29) is 26.2 Å². The zero-order valence-corrected chi connectivity index (χ0v) is 21.5. The van der Waals surface area contributed by atoms with Crippen LogP contribution in [-0.2, 0) is 10.0 Å². The lowest BCUT2D eigenvalue weighted by molar-refractivity contribution is 0.102. The molecule has 0 aromatic heterocycles. The van der Waals surface area contributed by atoms with Gasteiger partial charge in [-0.25, -0.2) is 17.2 Å². The fourth-order valence-corrected chi connectivity index (χ4v) is 4.85. The van der Waals surface area contributed by atoms with Gasteiger partial charge >= 0.3 is 0 Å². The van der Waals surface area contributed by atoms with E-state index in [1.54, 1.807) is 24.3 Å². The molecular formula is C25H15Cl3F2N2O4S. The minimum Gasteiger partial charge on any atom is -0.456 e. The van der Waals surface area contributed by atoms with E-state index in [1.165, 1.54) is 42.5 Å². The Morgan fingerprint density at radius 2 is 1.54 bits per heavy atom. The van der Waals surface area contributed by atoms with Gasteiger partial charge in [-0.2, -0.15) is 0 Å². The average Bonchev–Trinajstić information content (AvgIpc) is 2.84. The second-order valence-electron chi connectivity index (χ2n) is 7.50. The summed E-state index contributed by atoms with van der Waals surface area (Å²) in [6, 6.07) is 17.5. The van der Waals surface area contributed by atoms with Gasteiger partial charge in [0.2, 0.25) is 0 Å². The van der Waals surface area contributed by atoms with Crippen molar-refractivity contribution in [3.05, 3.63) is 111 Å². The molecule has 0 fully saturated rings. The summed E-state index contributed by atoms with van der Waals surface area (Å²) in [5.74, 6) is -2.23. The lowest BCUT2D eigenvalue weighted by Gasteiger charge is -2.15. The lowest BCUT2D eigenvalue weighted by Crippen LogP contribution is -2.19. The van der Waals surface area contributed by atoms with E-state index >= 15 is 0 Å². The summed E-state index contributed by atoms with van der Waals surface area (Å²) >= 11 is 17.9. The molecule has 1 amide bonds. The summed E-state index contributed by atoms with van der Waals surface area (Å²) < 4.78 is 61.5. The molecule has 2 N–H and O–H groups in total. The highest BCUT2D eigenvalue weighted by atomic mass is 35.5. The van der Waals surface area contributed by atoms with Crippen LogP contribution in [0.1, 0.15) is 10.4 Å². The molecule has 0 bridgehead atoms. The Morgan fingerprint density at radius 1 is 0.838 bits per heavy atom. The van der Waals surface area contributed by atoms with E-state index in [9.17, 15) is 22.0 Å². The number of ether oxygens (including phenoxy) is 1. The quantitative estimate of drug-likeness (QED) is 0.233. The van der Waals surface area contributed by atoms with Crippen LogP contribution < -0.4 is 14.8 Å². The first-order valence-electron chi connectivity index (χ1n) is 10.3. The van der Waals surface area contributed by atoms with E-state index < -0.39 is 33.3 Å². The monoisotopic (exact) mass is 582 g/mol. The summed E-state index contributed by atoms with van der Waals surface area (Å²) in [6.07, 6.45) is 0. The van der Waals surface area contributed by atoms with E-state index in [2.05, 4.69) is 10.0 Å². The highest BCUT2D eigenvalue weighted by Gasteiger charge is 2.21. The van der Waals surface area contributed by atoms with Crippen LogP contribution in [-0.4, -0.2) is 14.3 Å². The molecule has 0 atom stereocenters. The number of sulfonamides is 1. The summed E-state index contributed by atoms with van der Waals surface area (Å²) in [4.78, 5) is 12.8. The zero-order chi connectivity index (χ0) is 26.7. The van der Waals surface area contributed by atoms with Crippen LogP contribution in [0.25, 0.3) is 0 Å². The summed E-state index contributed by atoms with van der Waals surface area (Å²) in [7, 11) is -4.18. The fourth-order valence-electron chi connectivity index (χ4n) is 3.18. The predicted octanol–water partition coefficient (Wildman–Crippen LogP) is 7.77. The minimum absolute atomic E-state index is 0.111. The maximum Gasteiger partial charge on any atom is 0.261 e. The summed E-state index contributed by atoms with van der Waals surface area (Å²) in [5.41, 5.74) is -0.845. The third-order valence-electron chi connectivity index (χ3n) is 4.91. The second kappa shape index (κ2) is 10.9. The van der Waals surface area contributed by atoms with Crippen molar-refractivity contribution in [1.82, 2.24) is 0 Å². The van der Waals surface area contributed by atoms with Gasteiger partial charge in [-0.1, -0.05) is 46.9 Å². The van der Waals surface area contributed by atoms with E-state index in [1.807, 2.05) is 0 Å². The van der Waals surface area contributed by atoms with E-state index in [0.29, 0.717) is 22.6 Å². The van der Waals surface area contributed by atoms with Crippen molar-refractivity contribution in [3.63, 3.8) is 0 Å². The van der Waals surface area contributed by atoms with Gasteiger partial charge in [0.05, 0.1) is 31.9 Å². The van der Waals surface area contributed by atoms with Crippen molar-refractivity contribution in [1.29, 1.82) is 0 Å².